The van der Waals surface area contributed by atoms with E-state index >= 15 is 0 Å². The highest BCUT2D eigenvalue weighted by Gasteiger charge is 2.50. The van der Waals surface area contributed by atoms with Gasteiger partial charge in [0.05, 0.1) is 11.4 Å². The first kappa shape index (κ1) is 16.9. The third-order valence-corrected chi connectivity index (χ3v) is 6.79. The van der Waals surface area contributed by atoms with Crippen molar-refractivity contribution >= 4 is 11.4 Å². The first-order valence-corrected chi connectivity index (χ1v) is 10.2. The standard InChI is InChI=1S/C23H27N3O/c27-22-7-6-21(26-25-20-4-2-1-3-5-20)11-19(22)15-24-23-12-16-8-17(13-23)10-18(9-16)14-23/h1-7,11,16-18,24,27H,8-10,12-15H2. The Labute approximate surface area is 160 Å². The summed E-state index contributed by atoms with van der Waals surface area (Å²) in [6, 6.07) is 15.2. The Morgan fingerprint density at radius 2 is 1.48 bits per heavy atom. The minimum Gasteiger partial charge on any atom is -0.508 e. The predicted molar refractivity (Wildman–Crippen MR) is 106 cm³/mol. The SMILES string of the molecule is Oc1ccc(N=Nc2ccccc2)cc1CNC12CC3CC(CC(C3)C1)C2. The van der Waals surface area contributed by atoms with Crippen molar-refractivity contribution in [2.24, 2.45) is 28.0 Å². The second-order valence-electron chi connectivity index (χ2n) is 8.90. The molecule has 4 aliphatic carbocycles. The van der Waals surface area contributed by atoms with Crippen LogP contribution in [-0.2, 0) is 6.54 Å². The van der Waals surface area contributed by atoms with Gasteiger partial charge in [-0.25, -0.2) is 0 Å². The lowest BCUT2D eigenvalue weighted by atomic mass is 9.53. The fourth-order valence-electron chi connectivity index (χ4n) is 6.00. The van der Waals surface area contributed by atoms with Crippen molar-refractivity contribution in [2.75, 3.05) is 0 Å². The van der Waals surface area contributed by atoms with Crippen molar-refractivity contribution in [1.82, 2.24) is 5.32 Å². The number of nitrogens with zero attached hydrogens (tertiary/aromatic N) is 2. The number of phenolic OH excluding ortho intramolecular Hbond substituents is 1. The Kier molecular flexibility index (Phi) is 4.24. The van der Waals surface area contributed by atoms with Gasteiger partial charge >= 0.3 is 0 Å². The number of nitrogens with one attached hydrogen (secondary N) is 1. The number of azo groups is 1. The van der Waals surface area contributed by atoms with Gasteiger partial charge < -0.3 is 10.4 Å². The molecule has 27 heavy (non-hydrogen) atoms. The zero-order valence-electron chi connectivity index (χ0n) is 15.6. The highest BCUT2D eigenvalue weighted by Crippen LogP contribution is 2.55. The largest absolute Gasteiger partial charge is 0.508 e. The molecule has 4 aliphatic rings. The molecule has 0 unspecified atom stereocenters. The molecular weight excluding hydrogens is 334 g/mol. The van der Waals surface area contributed by atoms with Crippen LogP contribution in [0.3, 0.4) is 0 Å². The minimum absolute atomic E-state index is 0.294. The van der Waals surface area contributed by atoms with Gasteiger partial charge in [-0.2, -0.15) is 10.2 Å². The molecule has 0 amide bonds. The molecule has 0 aromatic heterocycles. The summed E-state index contributed by atoms with van der Waals surface area (Å²) >= 11 is 0. The zero-order valence-corrected chi connectivity index (χ0v) is 15.6. The van der Waals surface area contributed by atoms with Crippen LogP contribution >= 0.6 is 0 Å². The first-order chi connectivity index (χ1) is 13.2. The minimum atomic E-state index is 0.294. The van der Waals surface area contributed by atoms with E-state index in [0.29, 0.717) is 17.8 Å². The van der Waals surface area contributed by atoms with E-state index in [1.807, 2.05) is 42.5 Å². The Bertz CT molecular complexity index is 811. The highest BCUT2D eigenvalue weighted by molar-refractivity contribution is 5.47. The average molecular weight is 361 g/mol. The highest BCUT2D eigenvalue weighted by atomic mass is 16.3. The van der Waals surface area contributed by atoms with Gasteiger partial charge in [0.15, 0.2) is 0 Å². The van der Waals surface area contributed by atoms with Crippen molar-refractivity contribution in [3.8, 4) is 5.75 Å². The molecule has 0 radical (unpaired) electrons. The van der Waals surface area contributed by atoms with Crippen LogP contribution in [-0.4, -0.2) is 10.6 Å². The molecule has 0 atom stereocenters. The number of hydrogen-bond acceptors (Lipinski definition) is 4. The van der Waals surface area contributed by atoms with Crippen LogP contribution in [0.2, 0.25) is 0 Å². The van der Waals surface area contributed by atoms with Gasteiger partial charge in [-0.3, -0.25) is 0 Å². The van der Waals surface area contributed by atoms with Gasteiger partial charge in [-0.1, -0.05) is 18.2 Å². The molecule has 4 bridgehead atoms. The molecule has 6 rings (SSSR count). The summed E-state index contributed by atoms with van der Waals surface area (Å²) in [6.07, 6.45) is 8.28. The van der Waals surface area contributed by atoms with Crippen molar-refractivity contribution in [2.45, 2.75) is 50.6 Å². The maximum Gasteiger partial charge on any atom is 0.120 e. The van der Waals surface area contributed by atoms with Crippen LogP contribution in [0.15, 0.2) is 58.8 Å². The Balaban J connectivity index is 1.30. The van der Waals surface area contributed by atoms with Gasteiger partial charge in [0.2, 0.25) is 0 Å². The van der Waals surface area contributed by atoms with Crippen molar-refractivity contribution in [1.29, 1.82) is 0 Å². The third-order valence-electron chi connectivity index (χ3n) is 6.79. The van der Waals surface area contributed by atoms with Crippen LogP contribution in [0, 0.1) is 17.8 Å². The fourth-order valence-corrected chi connectivity index (χ4v) is 6.00. The quantitative estimate of drug-likeness (QED) is 0.655. The summed E-state index contributed by atoms with van der Waals surface area (Å²) in [7, 11) is 0. The normalized spacial score (nSPS) is 31.6. The fraction of sp³-hybridized carbons (Fsp3) is 0.478. The van der Waals surface area contributed by atoms with E-state index in [2.05, 4.69) is 15.5 Å². The number of benzene rings is 2. The summed E-state index contributed by atoms with van der Waals surface area (Å²) < 4.78 is 0. The summed E-state index contributed by atoms with van der Waals surface area (Å²) in [5, 5.41) is 22.8. The van der Waals surface area contributed by atoms with Gasteiger partial charge in [-0.15, -0.1) is 0 Å². The topological polar surface area (TPSA) is 57.0 Å². The zero-order chi connectivity index (χ0) is 18.3. The monoisotopic (exact) mass is 361 g/mol. The predicted octanol–water partition coefficient (Wildman–Crippen LogP) is 5.87. The van der Waals surface area contributed by atoms with Crippen molar-refractivity contribution in [3.63, 3.8) is 0 Å². The van der Waals surface area contributed by atoms with E-state index in [-0.39, 0.29) is 0 Å². The van der Waals surface area contributed by atoms with Gasteiger partial charge in [0, 0.05) is 17.6 Å². The summed E-state index contributed by atoms with van der Waals surface area (Å²) in [4.78, 5) is 0. The molecule has 0 saturated heterocycles. The van der Waals surface area contributed by atoms with Crippen LogP contribution in [0.25, 0.3) is 0 Å². The average Bonchev–Trinajstić information content (AvgIpc) is 2.66. The second kappa shape index (κ2) is 6.75. The Morgan fingerprint density at radius 1 is 0.852 bits per heavy atom. The molecule has 4 nitrogen and oxygen atoms in total. The summed E-state index contributed by atoms with van der Waals surface area (Å²) in [5.74, 6) is 3.10. The molecule has 0 aliphatic heterocycles. The molecule has 0 heterocycles. The van der Waals surface area contributed by atoms with Gasteiger partial charge in [-0.05, 0) is 86.6 Å². The van der Waals surface area contributed by atoms with E-state index in [1.165, 1.54) is 38.5 Å². The lowest BCUT2D eigenvalue weighted by Gasteiger charge is -2.57. The lowest BCUT2D eigenvalue weighted by Crippen LogP contribution is -2.58. The Morgan fingerprint density at radius 3 is 2.15 bits per heavy atom. The summed E-state index contributed by atoms with van der Waals surface area (Å²) in [5.41, 5.74) is 2.82. The van der Waals surface area contributed by atoms with Gasteiger partial charge in [0.25, 0.3) is 0 Å². The van der Waals surface area contributed by atoms with E-state index in [0.717, 1.165) is 34.7 Å². The second-order valence-corrected chi connectivity index (χ2v) is 8.90. The maximum absolute atomic E-state index is 10.3. The van der Waals surface area contributed by atoms with E-state index in [4.69, 9.17) is 0 Å². The maximum atomic E-state index is 10.3. The molecule has 0 spiro atoms. The lowest BCUT2D eigenvalue weighted by molar-refractivity contribution is -0.0206. The number of hydrogen-bond donors (Lipinski definition) is 2. The molecule has 4 heteroatoms. The van der Waals surface area contributed by atoms with E-state index in [1.54, 1.807) is 6.07 Å². The van der Waals surface area contributed by atoms with Crippen LogP contribution in [0.5, 0.6) is 5.75 Å². The molecular formula is C23H27N3O. The molecule has 2 aromatic carbocycles. The van der Waals surface area contributed by atoms with E-state index < -0.39 is 0 Å². The molecule has 140 valence electrons. The summed E-state index contributed by atoms with van der Waals surface area (Å²) in [6.45, 7) is 0.701. The van der Waals surface area contributed by atoms with Crippen LogP contribution in [0.4, 0.5) is 11.4 Å². The third kappa shape index (κ3) is 3.51. The van der Waals surface area contributed by atoms with Gasteiger partial charge in [0.1, 0.15) is 5.75 Å². The van der Waals surface area contributed by atoms with Crippen LogP contribution in [0.1, 0.15) is 44.1 Å². The molecule has 2 N–H and O–H groups in total. The van der Waals surface area contributed by atoms with Crippen LogP contribution < -0.4 is 5.32 Å². The van der Waals surface area contributed by atoms with E-state index in [9.17, 15) is 5.11 Å². The number of phenols is 1. The smallest absolute Gasteiger partial charge is 0.120 e. The molecule has 2 aromatic rings. The van der Waals surface area contributed by atoms with Crippen molar-refractivity contribution in [3.05, 3.63) is 54.1 Å². The molecule has 4 saturated carbocycles. The number of rotatable bonds is 5. The first-order valence-electron chi connectivity index (χ1n) is 10.2. The number of aromatic hydroxyl groups is 1. The Hall–Kier alpha value is -2.20. The van der Waals surface area contributed by atoms with Crippen molar-refractivity contribution < 1.29 is 5.11 Å². The molecule has 4 fully saturated rings.